The van der Waals surface area contributed by atoms with Gasteiger partial charge < -0.3 is 20.8 Å². The van der Waals surface area contributed by atoms with Crippen molar-refractivity contribution in [1.82, 2.24) is 5.32 Å². The van der Waals surface area contributed by atoms with E-state index in [2.05, 4.69) is 41.8 Å². The second-order valence-electron chi connectivity index (χ2n) is 5.87. The SMILES string of the molecule is CCc1ccc(CNC(Nc2cc(O)cc(O)c2)=C2CC2)cc1. The molecule has 1 saturated carbocycles. The molecule has 0 unspecified atom stereocenters. The van der Waals surface area contributed by atoms with E-state index in [1.807, 2.05) is 0 Å². The summed E-state index contributed by atoms with van der Waals surface area (Å²) < 4.78 is 0. The number of rotatable bonds is 6. The van der Waals surface area contributed by atoms with Gasteiger partial charge in [0, 0.05) is 30.4 Å². The molecule has 2 aromatic rings. The lowest BCUT2D eigenvalue weighted by Gasteiger charge is -2.14. The first-order chi connectivity index (χ1) is 11.1. The number of aromatic hydroxyl groups is 2. The number of hydrogen-bond donors (Lipinski definition) is 4. The summed E-state index contributed by atoms with van der Waals surface area (Å²) >= 11 is 0. The van der Waals surface area contributed by atoms with Crippen molar-refractivity contribution in [3.8, 4) is 11.5 Å². The molecule has 3 rings (SSSR count). The van der Waals surface area contributed by atoms with Crippen molar-refractivity contribution in [3.63, 3.8) is 0 Å². The van der Waals surface area contributed by atoms with E-state index in [0.29, 0.717) is 5.69 Å². The predicted octanol–water partition coefficient (Wildman–Crippen LogP) is 3.87. The van der Waals surface area contributed by atoms with Crippen LogP contribution in [0.15, 0.2) is 53.9 Å². The Balaban J connectivity index is 1.67. The Morgan fingerprint density at radius 1 is 0.957 bits per heavy atom. The molecule has 0 aliphatic heterocycles. The molecule has 0 bridgehead atoms. The molecule has 0 amide bonds. The molecule has 1 aliphatic carbocycles. The minimum atomic E-state index is 0.0443. The van der Waals surface area contributed by atoms with Gasteiger partial charge in [-0.1, -0.05) is 31.2 Å². The van der Waals surface area contributed by atoms with Crippen LogP contribution in [0.3, 0.4) is 0 Å². The Morgan fingerprint density at radius 3 is 2.13 bits per heavy atom. The lowest BCUT2D eigenvalue weighted by Crippen LogP contribution is -2.19. The first-order valence-electron chi connectivity index (χ1n) is 7.98. The zero-order valence-corrected chi connectivity index (χ0v) is 13.3. The molecule has 4 heteroatoms. The highest BCUT2D eigenvalue weighted by molar-refractivity contribution is 5.56. The van der Waals surface area contributed by atoms with E-state index >= 15 is 0 Å². The summed E-state index contributed by atoms with van der Waals surface area (Å²) in [5, 5.41) is 25.9. The van der Waals surface area contributed by atoms with E-state index in [4.69, 9.17) is 0 Å². The molecule has 2 aromatic carbocycles. The Labute approximate surface area is 136 Å². The maximum absolute atomic E-state index is 9.58. The minimum absolute atomic E-state index is 0.0443. The van der Waals surface area contributed by atoms with E-state index in [0.717, 1.165) is 31.6 Å². The second kappa shape index (κ2) is 6.65. The van der Waals surface area contributed by atoms with Crippen molar-refractivity contribution in [2.24, 2.45) is 0 Å². The highest BCUT2D eigenvalue weighted by Crippen LogP contribution is 2.32. The van der Waals surface area contributed by atoms with Crippen LogP contribution in [-0.4, -0.2) is 10.2 Å². The monoisotopic (exact) mass is 310 g/mol. The van der Waals surface area contributed by atoms with Crippen LogP contribution in [0, 0.1) is 0 Å². The van der Waals surface area contributed by atoms with Crippen LogP contribution in [0.1, 0.15) is 30.9 Å². The molecule has 120 valence electrons. The van der Waals surface area contributed by atoms with Gasteiger partial charge in [-0.25, -0.2) is 0 Å². The van der Waals surface area contributed by atoms with E-state index in [1.165, 1.54) is 22.8 Å². The van der Waals surface area contributed by atoms with Crippen LogP contribution >= 0.6 is 0 Å². The number of allylic oxidation sites excluding steroid dienone is 1. The summed E-state index contributed by atoms with van der Waals surface area (Å²) in [7, 11) is 0. The Kier molecular flexibility index (Phi) is 4.42. The molecule has 0 atom stereocenters. The van der Waals surface area contributed by atoms with Gasteiger partial charge in [0.2, 0.25) is 0 Å². The van der Waals surface area contributed by atoms with Crippen LogP contribution in [0.4, 0.5) is 5.69 Å². The van der Waals surface area contributed by atoms with Gasteiger partial charge >= 0.3 is 0 Å². The number of hydrogen-bond acceptors (Lipinski definition) is 4. The average molecular weight is 310 g/mol. The second-order valence-corrected chi connectivity index (χ2v) is 5.87. The van der Waals surface area contributed by atoms with Crippen molar-refractivity contribution >= 4 is 5.69 Å². The predicted molar refractivity (Wildman–Crippen MR) is 92.3 cm³/mol. The minimum Gasteiger partial charge on any atom is -0.508 e. The van der Waals surface area contributed by atoms with Crippen LogP contribution in [0.2, 0.25) is 0 Å². The normalized spacial score (nSPS) is 12.8. The van der Waals surface area contributed by atoms with Gasteiger partial charge in [-0.2, -0.15) is 0 Å². The van der Waals surface area contributed by atoms with Gasteiger partial charge in [0.15, 0.2) is 0 Å². The molecule has 0 aromatic heterocycles. The number of phenolic OH excluding ortho intramolecular Hbond substituents is 2. The van der Waals surface area contributed by atoms with Crippen molar-refractivity contribution in [2.75, 3.05) is 5.32 Å². The van der Waals surface area contributed by atoms with Gasteiger partial charge in [0.05, 0.1) is 0 Å². The quantitative estimate of drug-likeness (QED) is 0.654. The summed E-state index contributed by atoms with van der Waals surface area (Å²) in [6.45, 7) is 2.89. The highest BCUT2D eigenvalue weighted by atomic mass is 16.3. The van der Waals surface area contributed by atoms with E-state index in [9.17, 15) is 10.2 Å². The number of phenols is 2. The Morgan fingerprint density at radius 2 is 1.57 bits per heavy atom. The summed E-state index contributed by atoms with van der Waals surface area (Å²) in [5.74, 6) is 1.06. The smallest absolute Gasteiger partial charge is 0.121 e. The first-order valence-corrected chi connectivity index (χ1v) is 7.98. The summed E-state index contributed by atoms with van der Waals surface area (Å²) in [5.41, 5.74) is 4.56. The number of benzene rings is 2. The molecular weight excluding hydrogens is 288 g/mol. The topological polar surface area (TPSA) is 64.5 Å². The fraction of sp³-hybridized carbons (Fsp3) is 0.263. The van der Waals surface area contributed by atoms with Crippen molar-refractivity contribution in [1.29, 1.82) is 0 Å². The molecule has 4 nitrogen and oxygen atoms in total. The third-order valence-electron chi connectivity index (χ3n) is 3.93. The van der Waals surface area contributed by atoms with Crippen LogP contribution in [-0.2, 0) is 13.0 Å². The fourth-order valence-corrected chi connectivity index (χ4v) is 2.47. The molecule has 23 heavy (non-hydrogen) atoms. The van der Waals surface area contributed by atoms with E-state index in [-0.39, 0.29) is 11.5 Å². The van der Waals surface area contributed by atoms with E-state index in [1.54, 1.807) is 12.1 Å². The Bertz CT molecular complexity index is 694. The van der Waals surface area contributed by atoms with Gasteiger partial charge in [0.25, 0.3) is 0 Å². The molecule has 0 heterocycles. The maximum Gasteiger partial charge on any atom is 0.121 e. The summed E-state index contributed by atoms with van der Waals surface area (Å²) in [4.78, 5) is 0. The highest BCUT2D eigenvalue weighted by Gasteiger charge is 2.18. The first kappa shape index (κ1) is 15.3. The van der Waals surface area contributed by atoms with E-state index < -0.39 is 0 Å². The fourth-order valence-electron chi connectivity index (χ4n) is 2.47. The molecule has 0 saturated heterocycles. The lowest BCUT2D eigenvalue weighted by molar-refractivity contribution is 0.451. The van der Waals surface area contributed by atoms with Gasteiger partial charge in [-0.05, 0) is 36.0 Å². The standard InChI is InChI=1S/C19H22N2O2/c1-2-13-3-5-14(6-4-13)12-20-19(15-7-8-15)21-16-9-17(22)11-18(23)10-16/h3-6,9-11,20-23H,2,7-8,12H2,1H3. The molecule has 0 spiro atoms. The zero-order valence-electron chi connectivity index (χ0n) is 13.3. The lowest BCUT2D eigenvalue weighted by atomic mass is 10.1. The molecular formula is C19H22N2O2. The summed E-state index contributed by atoms with van der Waals surface area (Å²) in [6.07, 6.45) is 3.20. The van der Waals surface area contributed by atoms with Crippen LogP contribution < -0.4 is 10.6 Å². The summed E-state index contributed by atoms with van der Waals surface area (Å²) in [6, 6.07) is 13.1. The van der Waals surface area contributed by atoms with Crippen molar-refractivity contribution in [3.05, 3.63) is 65.0 Å². The third kappa shape index (κ3) is 4.19. The van der Waals surface area contributed by atoms with Crippen molar-refractivity contribution < 1.29 is 10.2 Å². The number of nitrogens with one attached hydrogen (secondary N) is 2. The van der Waals surface area contributed by atoms with Crippen LogP contribution in [0.25, 0.3) is 0 Å². The molecule has 0 radical (unpaired) electrons. The van der Waals surface area contributed by atoms with Crippen molar-refractivity contribution in [2.45, 2.75) is 32.7 Å². The number of anilines is 1. The zero-order chi connectivity index (χ0) is 16.2. The third-order valence-corrected chi connectivity index (χ3v) is 3.93. The van der Waals surface area contributed by atoms with Gasteiger partial charge in [0.1, 0.15) is 17.3 Å². The molecule has 4 N–H and O–H groups in total. The molecule has 1 fully saturated rings. The van der Waals surface area contributed by atoms with Gasteiger partial charge in [-0.15, -0.1) is 0 Å². The number of aryl methyl sites for hydroxylation is 1. The maximum atomic E-state index is 9.58. The van der Waals surface area contributed by atoms with Gasteiger partial charge in [-0.3, -0.25) is 0 Å². The Hall–Kier alpha value is -2.62. The largest absolute Gasteiger partial charge is 0.508 e. The van der Waals surface area contributed by atoms with Crippen LogP contribution in [0.5, 0.6) is 11.5 Å². The molecule has 1 aliphatic rings. The average Bonchev–Trinajstić information content (AvgIpc) is 3.36.